The van der Waals surface area contributed by atoms with Crippen molar-refractivity contribution in [2.45, 2.75) is 6.54 Å². The van der Waals surface area contributed by atoms with Gasteiger partial charge in [-0.05, 0) is 12.1 Å². The molecule has 1 aliphatic rings. The van der Waals surface area contributed by atoms with Crippen LogP contribution in [0.15, 0.2) is 18.3 Å². The van der Waals surface area contributed by atoms with Gasteiger partial charge < -0.3 is 10.5 Å². The number of halogens is 1. The summed E-state index contributed by atoms with van der Waals surface area (Å²) in [6.45, 7) is 4.37. The lowest BCUT2D eigenvalue weighted by Crippen LogP contribution is -2.35. The Hall–Kier alpha value is -1.37. The Morgan fingerprint density at radius 1 is 1.28 bits per heavy atom. The molecule has 2 aromatic rings. The van der Waals surface area contributed by atoms with Gasteiger partial charge in [-0.15, -0.1) is 17.5 Å². The molecule has 0 aliphatic carbocycles. The van der Waals surface area contributed by atoms with E-state index in [2.05, 4.69) is 15.0 Å². The molecule has 98 valence electrons. The molecule has 18 heavy (non-hydrogen) atoms. The highest BCUT2D eigenvalue weighted by Gasteiger charge is 2.12. The largest absolute Gasteiger partial charge is 0.382 e. The summed E-state index contributed by atoms with van der Waals surface area (Å²) in [4.78, 5) is 6.84. The Bertz CT molecular complexity index is 523. The predicted molar refractivity (Wildman–Crippen MR) is 70.7 cm³/mol. The van der Waals surface area contributed by atoms with Crippen molar-refractivity contribution >= 4 is 23.9 Å². The van der Waals surface area contributed by atoms with Crippen molar-refractivity contribution in [2.75, 3.05) is 32.0 Å². The van der Waals surface area contributed by atoms with Crippen molar-refractivity contribution < 1.29 is 4.74 Å². The van der Waals surface area contributed by atoms with Crippen LogP contribution in [0.5, 0.6) is 0 Å². The first-order valence-electron chi connectivity index (χ1n) is 5.72. The Labute approximate surface area is 111 Å². The fourth-order valence-corrected chi connectivity index (χ4v) is 2.01. The summed E-state index contributed by atoms with van der Waals surface area (Å²) in [6, 6.07) is 3.64. The van der Waals surface area contributed by atoms with Crippen molar-refractivity contribution in [3.63, 3.8) is 0 Å². The number of nitrogen functional groups attached to an aromatic ring is 1. The molecular formula is C11H16ClN5O. The molecule has 1 fully saturated rings. The molecule has 3 rings (SSSR count). The van der Waals surface area contributed by atoms with E-state index in [1.54, 1.807) is 10.6 Å². The summed E-state index contributed by atoms with van der Waals surface area (Å²) in [5.74, 6) is 0.507. The summed E-state index contributed by atoms with van der Waals surface area (Å²) in [6.07, 6.45) is 1.93. The lowest BCUT2D eigenvalue weighted by molar-refractivity contribution is 0.0337. The standard InChI is InChI=1S/C11H15N5O.ClH/c12-10-1-2-11-13-9(8-16(11)14-10)7-15-3-5-17-6-4-15;/h1-2,8H,3-7H2,(H2,12,14);1H. The fraction of sp³-hybridized carbons (Fsp3) is 0.455. The zero-order valence-electron chi connectivity index (χ0n) is 9.95. The van der Waals surface area contributed by atoms with E-state index in [-0.39, 0.29) is 12.4 Å². The van der Waals surface area contributed by atoms with E-state index in [0.717, 1.165) is 44.2 Å². The molecule has 2 N–H and O–H groups in total. The molecule has 0 radical (unpaired) electrons. The highest BCUT2D eigenvalue weighted by atomic mass is 35.5. The van der Waals surface area contributed by atoms with Gasteiger partial charge in [0.25, 0.3) is 0 Å². The average Bonchev–Trinajstić information content (AvgIpc) is 2.71. The van der Waals surface area contributed by atoms with Crippen LogP contribution >= 0.6 is 12.4 Å². The number of hydrogen-bond acceptors (Lipinski definition) is 5. The van der Waals surface area contributed by atoms with Gasteiger partial charge in [0.1, 0.15) is 5.82 Å². The van der Waals surface area contributed by atoms with Crippen molar-refractivity contribution in [1.82, 2.24) is 19.5 Å². The van der Waals surface area contributed by atoms with Gasteiger partial charge in [-0.3, -0.25) is 4.90 Å². The zero-order valence-corrected chi connectivity index (χ0v) is 10.8. The van der Waals surface area contributed by atoms with E-state index in [1.807, 2.05) is 12.3 Å². The minimum atomic E-state index is 0. The number of rotatable bonds is 2. The van der Waals surface area contributed by atoms with Crippen LogP contribution in [-0.4, -0.2) is 45.8 Å². The lowest BCUT2D eigenvalue weighted by atomic mass is 10.3. The van der Waals surface area contributed by atoms with E-state index in [0.29, 0.717) is 5.82 Å². The first-order chi connectivity index (χ1) is 8.31. The van der Waals surface area contributed by atoms with Gasteiger partial charge in [0.2, 0.25) is 0 Å². The van der Waals surface area contributed by atoms with Gasteiger partial charge in [-0.1, -0.05) is 0 Å². The number of hydrogen-bond donors (Lipinski definition) is 1. The molecule has 0 amide bonds. The van der Waals surface area contributed by atoms with Gasteiger partial charge in [0.15, 0.2) is 5.65 Å². The van der Waals surface area contributed by atoms with Crippen LogP contribution in [0, 0.1) is 0 Å². The predicted octanol–water partition coefficient (Wildman–Crippen LogP) is 0.565. The van der Waals surface area contributed by atoms with Crippen LogP contribution in [0.3, 0.4) is 0 Å². The maximum Gasteiger partial charge on any atom is 0.153 e. The summed E-state index contributed by atoms with van der Waals surface area (Å²) in [5.41, 5.74) is 7.48. The van der Waals surface area contributed by atoms with Crippen LogP contribution in [0.1, 0.15) is 5.69 Å². The number of anilines is 1. The molecule has 0 aromatic carbocycles. The molecule has 0 atom stereocenters. The van der Waals surface area contributed by atoms with Crippen LogP contribution in [0.2, 0.25) is 0 Å². The molecular weight excluding hydrogens is 254 g/mol. The number of ether oxygens (including phenoxy) is 1. The van der Waals surface area contributed by atoms with E-state index in [1.165, 1.54) is 0 Å². The molecule has 1 saturated heterocycles. The second-order valence-corrected chi connectivity index (χ2v) is 4.18. The molecule has 6 nitrogen and oxygen atoms in total. The minimum absolute atomic E-state index is 0. The first kappa shape index (κ1) is 13.1. The molecule has 0 unspecified atom stereocenters. The molecule has 1 aliphatic heterocycles. The first-order valence-corrected chi connectivity index (χ1v) is 5.72. The van der Waals surface area contributed by atoms with Crippen molar-refractivity contribution in [3.05, 3.63) is 24.0 Å². The second-order valence-electron chi connectivity index (χ2n) is 4.18. The summed E-state index contributed by atoms with van der Waals surface area (Å²) in [7, 11) is 0. The fourth-order valence-electron chi connectivity index (χ4n) is 2.01. The van der Waals surface area contributed by atoms with Gasteiger partial charge >= 0.3 is 0 Å². The van der Waals surface area contributed by atoms with Crippen LogP contribution < -0.4 is 5.73 Å². The summed E-state index contributed by atoms with van der Waals surface area (Å²) in [5, 5.41) is 4.18. The normalized spacial score (nSPS) is 16.7. The van der Waals surface area contributed by atoms with Gasteiger partial charge in [-0.25, -0.2) is 9.50 Å². The number of nitrogens with zero attached hydrogens (tertiary/aromatic N) is 4. The maximum absolute atomic E-state index is 5.63. The van der Waals surface area contributed by atoms with Gasteiger partial charge in [0.05, 0.1) is 25.1 Å². The molecule has 3 heterocycles. The van der Waals surface area contributed by atoms with E-state index in [4.69, 9.17) is 10.5 Å². The van der Waals surface area contributed by atoms with Crippen molar-refractivity contribution in [1.29, 1.82) is 0 Å². The highest BCUT2D eigenvalue weighted by Crippen LogP contribution is 2.09. The number of aromatic nitrogens is 3. The molecule has 2 aromatic heterocycles. The number of morpholine rings is 1. The Morgan fingerprint density at radius 3 is 2.83 bits per heavy atom. The average molecular weight is 270 g/mol. The number of imidazole rings is 1. The molecule has 0 spiro atoms. The van der Waals surface area contributed by atoms with E-state index in [9.17, 15) is 0 Å². The lowest BCUT2D eigenvalue weighted by Gasteiger charge is -2.25. The van der Waals surface area contributed by atoms with Gasteiger partial charge in [0, 0.05) is 19.6 Å². The molecule has 0 bridgehead atoms. The number of fused-ring (bicyclic) bond motifs is 1. The summed E-state index contributed by atoms with van der Waals surface area (Å²) < 4.78 is 7.04. The van der Waals surface area contributed by atoms with Crippen LogP contribution in [-0.2, 0) is 11.3 Å². The Kier molecular flexibility index (Phi) is 4.00. The van der Waals surface area contributed by atoms with E-state index >= 15 is 0 Å². The van der Waals surface area contributed by atoms with Gasteiger partial charge in [-0.2, -0.15) is 0 Å². The zero-order chi connectivity index (χ0) is 11.7. The minimum Gasteiger partial charge on any atom is -0.382 e. The quantitative estimate of drug-likeness (QED) is 0.863. The third-order valence-corrected chi connectivity index (χ3v) is 2.88. The Morgan fingerprint density at radius 2 is 2.06 bits per heavy atom. The smallest absolute Gasteiger partial charge is 0.153 e. The van der Waals surface area contributed by atoms with Crippen molar-refractivity contribution in [2.24, 2.45) is 0 Å². The SMILES string of the molecule is Cl.Nc1ccc2nc(CN3CCOCC3)cn2n1. The van der Waals surface area contributed by atoms with E-state index < -0.39 is 0 Å². The molecule has 7 heteroatoms. The number of nitrogens with two attached hydrogens (primary N) is 1. The third-order valence-electron chi connectivity index (χ3n) is 2.88. The maximum atomic E-state index is 5.63. The van der Waals surface area contributed by atoms with Crippen LogP contribution in [0.4, 0.5) is 5.82 Å². The highest BCUT2D eigenvalue weighted by molar-refractivity contribution is 5.85. The summed E-state index contributed by atoms with van der Waals surface area (Å²) >= 11 is 0. The van der Waals surface area contributed by atoms with Crippen molar-refractivity contribution in [3.8, 4) is 0 Å². The third kappa shape index (κ3) is 2.72. The Balaban J connectivity index is 0.00000120. The second kappa shape index (κ2) is 5.51. The molecule has 0 saturated carbocycles. The topological polar surface area (TPSA) is 68.7 Å². The monoisotopic (exact) mass is 269 g/mol. The van der Waals surface area contributed by atoms with Crippen LogP contribution in [0.25, 0.3) is 5.65 Å².